The molecule has 2 aliphatic rings. The van der Waals surface area contributed by atoms with Crippen molar-refractivity contribution >= 4 is 17.9 Å². The molecule has 110 valence electrons. The highest BCUT2D eigenvalue weighted by Gasteiger charge is 2.52. The average molecular weight is 282 g/mol. The van der Waals surface area contributed by atoms with E-state index >= 15 is 0 Å². The molecule has 0 amide bonds. The predicted molar refractivity (Wildman–Crippen MR) is 67.5 cm³/mol. The van der Waals surface area contributed by atoms with Gasteiger partial charge in [0.05, 0.1) is 18.4 Å². The smallest absolute Gasteiger partial charge is 0.347 e. The van der Waals surface area contributed by atoms with E-state index in [2.05, 4.69) is 0 Å². The van der Waals surface area contributed by atoms with Gasteiger partial charge < -0.3 is 14.6 Å². The molecule has 0 radical (unpaired) electrons. The summed E-state index contributed by atoms with van der Waals surface area (Å²) in [6.45, 7) is 3.29. The van der Waals surface area contributed by atoms with Gasteiger partial charge in [0.15, 0.2) is 6.10 Å². The van der Waals surface area contributed by atoms with Crippen molar-refractivity contribution in [2.45, 2.75) is 26.4 Å². The third-order valence-corrected chi connectivity index (χ3v) is 3.93. The maximum Gasteiger partial charge on any atom is 0.347 e. The molecule has 2 rings (SSSR count). The summed E-state index contributed by atoms with van der Waals surface area (Å²) in [4.78, 5) is 34.9. The number of fused-ring (bicyclic) bond motifs is 2. The van der Waals surface area contributed by atoms with Crippen LogP contribution in [0, 0.1) is 23.7 Å². The molecular formula is C14H18O6. The Labute approximate surface area is 116 Å². The average Bonchev–Trinajstić information content (AvgIpc) is 2.98. The molecule has 0 saturated heterocycles. The van der Waals surface area contributed by atoms with E-state index in [0.29, 0.717) is 6.42 Å². The summed E-state index contributed by atoms with van der Waals surface area (Å²) in [6, 6.07) is 0. The van der Waals surface area contributed by atoms with E-state index in [-0.39, 0.29) is 18.4 Å². The number of rotatable bonds is 5. The molecule has 5 atom stereocenters. The lowest BCUT2D eigenvalue weighted by molar-refractivity contribution is -0.172. The van der Waals surface area contributed by atoms with Crippen LogP contribution in [0.3, 0.4) is 0 Å². The number of carbonyl (C=O) groups excluding carboxylic acids is 2. The summed E-state index contributed by atoms with van der Waals surface area (Å²) in [6.07, 6.45) is 3.36. The van der Waals surface area contributed by atoms with Crippen molar-refractivity contribution in [3.63, 3.8) is 0 Å². The summed E-state index contributed by atoms with van der Waals surface area (Å²) >= 11 is 0. The first kappa shape index (κ1) is 14.6. The molecule has 1 fully saturated rings. The second kappa shape index (κ2) is 5.64. The fraction of sp³-hybridized carbons (Fsp3) is 0.643. The van der Waals surface area contributed by atoms with Crippen molar-refractivity contribution < 1.29 is 29.0 Å². The van der Waals surface area contributed by atoms with Gasteiger partial charge in [-0.1, -0.05) is 12.2 Å². The van der Waals surface area contributed by atoms with Gasteiger partial charge in [-0.05, 0) is 32.1 Å². The van der Waals surface area contributed by atoms with Crippen molar-refractivity contribution in [2.24, 2.45) is 23.7 Å². The molecule has 0 spiro atoms. The SMILES string of the molecule is CCOC(=O)C(C)OC(=O)C1C2C=CC(C2)C1C(=O)O. The second-order valence-corrected chi connectivity index (χ2v) is 5.17. The third-order valence-electron chi connectivity index (χ3n) is 3.93. The zero-order valence-corrected chi connectivity index (χ0v) is 11.4. The molecule has 6 heteroatoms. The van der Waals surface area contributed by atoms with Gasteiger partial charge in [0, 0.05) is 0 Å². The number of hydrogen-bond donors (Lipinski definition) is 1. The Bertz CT molecular complexity index is 455. The highest BCUT2D eigenvalue weighted by molar-refractivity contribution is 5.85. The fourth-order valence-electron chi connectivity index (χ4n) is 3.04. The van der Waals surface area contributed by atoms with Gasteiger partial charge in [-0.25, -0.2) is 4.79 Å². The summed E-state index contributed by atoms with van der Waals surface area (Å²) in [5.74, 6) is -3.93. The topological polar surface area (TPSA) is 89.9 Å². The predicted octanol–water partition coefficient (Wildman–Crippen LogP) is 1.00. The van der Waals surface area contributed by atoms with Crippen LogP contribution >= 0.6 is 0 Å². The Morgan fingerprint density at radius 1 is 1.25 bits per heavy atom. The Morgan fingerprint density at radius 2 is 1.85 bits per heavy atom. The van der Waals surface area contributed by atoms with Gasteiger partial charge in [0.25, 0.3) is 0 Å². The van der Waals surface area contributed by atoms with Gasteiger partial charge in [-0.2, -0.15) is 0 Å². The molecule has 0 aliphatic heterocycles. The van der Waals surface area contributed by atoms with E-state index in [0.717, 1.165) is 0 Å². The lowest BCUT2D eigenvalue weighted by atomic mass is 9.83. The fourth-order valence-corrected chi connectivity index (χ4v) is 3.04. The van der Waals surface area contributed by atoms with Crippen LogP contribution in [-0.2, 0) is 23.9 Å². The number of allylic oxidation sites excluding steroid dienone is 2. The highest BCUT2D eigenvalue weighted by atomic mass is 16.6. The van der Waals surface area contributed by atoms with Crippen molar-refractivity contribution in [1.82, 2.24) is 0 Å². The Kier molecular flexibility index (Phi) is 4.11. The maximum absolute atomic E-state index is 12.1. The molecule has 0 aromatic carbocycles. The van der Waals surface area contributed by atoms with E-state index in [4.69, 9.17) is 9.47 Å². The van der Waals surface area contributed by atoms with Crippen molar-refractivity contribution in [3.05, 3.63) is 12.2 Å². The quantitative estimate of drug-likeness (QED) is 0.597. The Morgan fingerprint density at radius 3 is 2.40 bits per heavy atom. The van der Waals surface area contributed by atoms with Crippen LogP contribution < -0.4 is 0 Å². The Hall–Kier alpha value is -1.85. The second-order valence-electron chi connectivity index (χ2n) is 5.17. The van der Waals surface area contributed by atoms with Crippen LogP contribution in [0.15, 0.2) is 12.2 Å². The molecule has 1 N–H and O–H groups in total. The lowest BCUT2D eigenvalue weighted by Crippen LogP contribution is -2.37. The molecule has 20 heavy (non-hydrogen) atoms. The zero-order valence-electron chi connectivity index (χ0n) is 11.4. The molecule has 5 unspecified atom stereocenters. The van der Waals surface area contributed by atoms with Gasteiger partial charge in [-0.15, -0.1) is 0 Å². The minimum absolute atomic E-state index is 0.108. The summed E-state index contributed by atoms with van der Waals surface area (Å²) in [5.41, 5.74) is 0. The molecule has 0 aromatic rings. The number of ether oxygens (including phenoxy) is 2. The molecule has 0 aromatic heterocycles. The Balaban J connectivity index is 2.03. The molecule has 2 aliphatic carbocycles. The monoisotopic (exact) mass is 282 g/mol. The minimum Gasteiger partial charge on any atom is -0.481 e. The van der Waals surface area contributed by atoms with Crippen LogP contribution in [0.4, 0.5) is 0 Å². The maximum atomic E-state index is 12.1. The van der Waals surface area contributed by atoms with Gasteiger partial charge in [0.1, 0.15) is 0 Å². The van der Waals surface area contributed by atoms with E-state index in [1.807, 2.05) is 12.2 Å². The van der Waals surface area contributed by atoms with Crippen molar-refractivity contribution in [3.8, 4) is 0 Å². The summed E-state index contributed by atoms with van der Waals surface area (Å²) < 4.78 is 9.83. The first-order valence-corrected chi connectivity index (χ1v) is 6.74. The zero-order chi connectivity index (χ0) is 14.9. The number of carboxylic acid groups (broad SMARTS) is 1. The van der Waals surface area contributed by atoms with E-state index in [9.17, 15) is 19.5 Å². The third kappa shape index (κ3) is 2.55. The van der Waals surface area contributed by atoms with Crippen LogP contribution in [-0.4, -0.2) is 35.7 Å². The normalized spacial score (nSPS) is 31.9. The number of carboxylic acids is 1. The molecule has 2 bridgehead atoms. The number of aliphatic carboxylic acids is 1. The van der Waals surface area contributed by atoms with Crippen LogP contribution in [0.25, 0.3) is 0 Å². The standard InChI is InChI=1S/C14H18O6/c1-3-19-13(17)7(2)20-14(18)11-9-5-4-8(6-9)10(11)12(15)16/h4-5,7-11H,3,6H2,1-2H3,(H,15,16). The van der Waals surface area contributed by atoms with Crippen molar-refractivity contribution in [1.29, 1.82) is 0 Å². The van der Waals surface area contributed by atoms with Crippen LogP contribution in [0.5, 0.6) is 0 Å². The van der Waals surface area contributed by atoms with Gasteiger partial charge in [-0.3, -0.25) is 9.59 Å². The van der Waals surface area contributed by atoms with Crippen LogP contribution in [0.1, 0.15) is 20.3 Å². The first-order chi connectivity index (χ1) is 9.45. The summed E-state index contributed by atoms with van der Waals surface area (Å²) in [7, 11) is 0. The number of hydrogen-bond acceptors (Lipinski definition) is 5. The summed E-state index contributed by atoms with van der Waals surface area (Å²) in [5, 5.41) is 9.25. The number of esters is 2. The van der Waals surface area contributed by atoms with Crippen LogP contribution in [0.2, 0.25) is 0 Å². The van der Waals surface area contributed by atoms with E-state index in [1.54, 1.807) is 6.92 Å². The molecular weight excluding hydrogens is 264 g/mol. The first-order valence-electron chi connectivity index (χ1n) is 6.74. The minimum atomic E-state index is -1.01. The highest BCUT2D eigenvalue weighted by Crippen LogP contribution is 2.48. The van der Waals surface area contributed by atoms with E-state index < -0.39 is 35.8 Å². The molecule has 6 nitrogen and oxygen atoms in total. The number of carbonyl (C=O) groups is 3. The lowest BCUT2D eigenvalue weighted by Gasteiger charge is -2.24. The van der Waals surface area contributed by atoms with Gasteiger partial charge >= 0.3 is 17.9 Å². The molecule has 0 heterocycles. The largest absolute Gasteiger partial charge is 0.481 e. The van der Waals surface area contributed by atoms with E-state index in [1.165, 1.54) is 6.92 Å². The van der Waals surface area contributed by atoms with Gasteiger partial charge in [0.2, 0.25) is 0 Å². The molecule has 1 saturated carbocycles. The van der Waals surface area contributed by atoms with Crippen molar-refractivity contribution in [2.75, 3.05) is 6.61 Å².